The lowest BCUT2D eigenvalue weighted by Gasteiger charge is -2.29. The summed E-state index contributed by atoms with van der Waals surface area (Å²) >= 11 is 0. The summed E-state index contributed by atoms with van der Waals surface area (Å²) in [6, 6.07) is 0.985. The maximum atomic E-state index is 2.64. The summed E-state index contributed by atoms with van der Waals surface area (Å²) in [5.74, 6) is 4.25. The predicted octanol–water partition coefficient (Wildman–Crippen LogP) is 1.98. The fourth-order valence-electron chi connectivity index (χ4n) is 4.46. The van der Waals surface area contributed by atoms with Crippen molar-refractivity contribution in [1.29, 1.82) is 0 Å². The normalized spacial score (nSPS) is 58.0. The van der Waals surface area contributed by atoms with E-state index < -0.39 is 0 Å². The maximum absolute atomic E-state index is 2.64. The summed E-state index contributed by atoms with van der Waals surface area (Å²) in [5, 5.41) is 0. The van der Waals surface area contributed by atoms with E-state index in [0.717, 1.165) is 29.7 Å². The highest BCUT2D eigenvalue weighted by Crippen LogP contribution is 2.55. The van der Waals surface area contributed by atoms with Crippen LogP contribution in [-0.2, 0) is 0 Å². The molecule has 1 heteroatoms. The molecule has 12 heavy (non-hydrogen) atoms. The third-order valence-electron chi connectivity index (χ3n) is 4.68. The van der Waals surface area contributed by atoms with Crippen LogP contribution in [0.3, 0.4) is 0 Å². The first-order chi connectivity index (χ1) is 5.77. The molecule has 1 nitrogen and oxygen atoms in total. The van der Waals surface area contributed by atoms with E-state index in [1.165, 1.54) is 13.0 Å². The van der Waals surface area contributed by atoms with Crippen LogP contribution in [-0.4, -0.2) is 24.5 Å². The molecule has 1 saturated heterocycles. The van der Waals surface area contributed by atoms with Crippen LogP contribution < -0.4 is 0 Å². The molecule has 0 aromatic heterocycles. The highest BCUT2D eigenvalue weighted by atomic mass is 15.2. The lowest BCUT2D eigenvalue weighted by atomic mass is 9.80. The van der Waals surface area contributed by atoms with Gasteiger partial charge in [-0.15, -0.1) is 0 Å². The van der Waals surface area contributed by atoms with E-state index in [0.29, 0.717) is 0 Å². The van der Waals surface area contributed by atoms with Gasteiger partial charge in [0.25, 0.3) is 0 Å². The molecule has 0 aromatic rings. The first-order valence-corrected chi connectivity index (χ1v) is 5.47. The Hall–Kier alpha value is -0.0400. The van der Waals surface area contributed by atoms with Crippen LogP contribution in [0.2, 0.25) is 0 Å². The minimum atomic E-state index is 0.982. The first-order valence-electron chi connectivity index (χ1n) is 5.47. The zero-order valence-corrected chi connectivity index (χ0v) is 8.16. The first kappa shape index (κ1) is 7.37. The molecule has 0 spiro atoms. The quantitative estimate of drug-likeness (QED) is 0.530. The SMILES string of the molecule is CC1CN(C)C2C3CCC(C3)C12. The lowest BCUT2D eigenvalue weighted by Crippen LogP contribution is -2.34. The molecule has 3 fully saturated rings. The highest BCUT2D eigenvalue weighted by Gasteiger charge is 2.54. The van der Waals surface area contributed by atoms with Gasteiger partial charge >= 0.3 is 0 Å². The van der Waals surface area contributed by atoms with E-state index in [4.69, 9.17) is 0 Å². The molecule has 3 aliphatic rings. The fraction of sp³-hybridized carbons (Fsp3) is 1.00. The average molecular weight is 165 g/mol. The molecule has 0 radical (unpaired) electrons. The van der Waals surface area contributed by atoms with E-state index in [-0.39, 0.29) is 0 Å². The molecule has 1 heterocycles. The van der Waals surface area contributed by atoms with Crippen molar-refractivity contribution < 1.29 is 0 Å². The smallest absolute Gasteiger partial charge is 0.0155 e. The molecule has 3 rings (SSSR count). The van der Waals surface area contributed by atoms with Gasteiger partial charge < -0.3 is 4.90 Å². The molecule has 1 aliphatic heterocycles. The Labute approximate surface area is 75.1 Å². The van der Waals surface area contributed by atoms with Crippen molar-refractivity contribution in [2.24, 2.45) is 23.7 Å². The van der Waals surface area contributed by atoms with Gasteiger partial charge in [-0.05, 0) is 50.0 Å². The van der Waals surface area contributed by atoms with E-state index in [2.05, 4.69) is 18.9 Å². The lowest BCUT2D eigenvalue weighted by molar-refractivity contribution is 0.195. The Bertz CT molecular complexity index is 181. The molecular weight excluding hydrogens is 146 g/mol. The van der Waals surface area contributed by atoms with Gasteiger partial charge in [0.15, 0.2) is 0 Å². The Morgan fingerprint density at radius 1 is 1.17 bits per heavy atom. The van der Waals surface area contributed by atoms with Crippen molar-refractivity contribution in [2.45, 2.75) is 32.2 Å². The summed E-state index contributed by atoms with van der Waals surface area (Å²) in [7, 11) is 2.34. The Kier molecular flexibility index (Phi) is 1.39. The number of nitrogens with zero attached hydrogens (tertiary/aromatic N) is 1. The number of fused-ring (bicyclic) bond motifs is 5. The Morgan fingerprint density at radius 2 is 1.92 bits per heavy atom. The van der Waals surface area contributed by atoms with Crippen molar-refractivity contribution >= 4 is 0 Å². The van der Waals surface area contributed by atoms with Crippen LogP contribution in [0, 0.1) is 23.7 Å². The molecule has 0 N–H and O–H groups in total. The summed E-state index contributed by atoms with van der Waals surface area (Å²) in [6.07, 6.45) is 4.64. The second kappa shape index (κ2) is 2.25. The third kappa shape index (κ3) is 0.736. The van der Waals surface area contributed by atoms with E-state index in [9.17, 15) is 0 Å². The van der Waals surface area contributed by atoms with Crippen LogP contribution >= 0.6 is 0 Å². The number of hydrogen-bond acceptors (Lipinski definition) is 1. The minimum Gasteiger partial charge on any atom is -0.303 e. The molecular formula is C11H19N. The van der Waals surface area contributed by atoms with Gasteiger partial charge in [-0.1, -0.05) is 6.92 Å². The van der Waals surface area contributed by atoms with Gasteiger partial charge in [0.2, 0.25) is 0 Å². The van der Waals surface area contributed by atoms with Gasteiger partial charge in [-0.25, -0.2) is 0 Å². The topological polar surface area (TPSA) is 3.24 Å². The zero-order valence-electron chi connectivity index (χ0n) is 8.16. The standard InChI is InChI=1S/C11H19N/c1-7-6-12(2)11-9-4-3-8(5-9)10(7)11/h7-11H,3-6H2,1-2H3. The van der Waals surface area contributed by atoms with Gasteiger partial charge in [-0.2, -0.15) is 0 Å². The maximum Gasteiger partial charge on any atom is 0.0155 e. The van der Waals surface area contributed by atoms with E-state index >= 15 is 0 Å². The largest absolute Gasteiger partial charge is 0.303 e. The fourth-order valence-corrected chi connectivity index (χ4v) is 4.46. The molecule has 2 saturated carbocycles. The average Bonchev–Trinajstić information content (AvgIpc) is 2.64. The Morgan fingerprint density at radius 3 is 2.67 bits per heavy atom. The molecule has 2 aliphatic carbocycles. The summed E-state index contributed by atoms with van der Waals surface area (Å²) in [5.41, 5.74) is 0. The van der Waals surface area contributed by atoms with Crippen LogP contribution in [0.1, 0.15) is 26.2 Å². The predicted molar refractivity (Wildman–Crippen MR) is 49.9 cm³/mol. The van der Waals surface area contributed by atoms with Gasteiger partial charge in [0.05, 0.1) is 0 Å². The molecule has 5 atom stereocenters. The van der Waals surface area contributed by atoms with Crippen LogP contribution in [0.5, 0.6) is 0 Å². The number of hydrogen-bond donors (Lipinski definition) is 0. The van der Waals surface area contributed by atoms with Crippen molar-refractivity contribution in [2.75, 3.05) is 13.6 Å². The van der Waals surface area contributed by atoms with Crippen molar-refractivity contribution in [3.05, 3.63) is 0 Å². The number of rotatable bonds is 0. The summed E-state index contributed by atoms with van der Waals surface area (Å²) in [4.78, 5) is 2.64. The van der Waals surface area contributed by atoms with Crippen LogP contribution in [0.4, 0.5) is 0 Å². The highest BCUT2D eigenvalue weighted by molar-refractivity contribution is 5.06. The summed E-state index contributed by atoms with van der Waals surface area (Å²) < 4.78 is 0. The van der Waals surface area contributed by atoms with Crippen molar-refractivity contribution in [3.8, 4) is 0 Å². The second-order valence-corrected chi connectivity index (χ2v) is 5.32. The third-order valence-corrected chi connectivity index (χ3v) is 4.68. The summed E-state index contributed by atoms with van der Waals surface area (Å²) in [6.45, 7) is 3.82. The van der Waals surface area contributed by atoms with Crippen LogP contribution in [0.25, 0.3) is 0 Å². The molecule has 68 valence electrons. The van der Waals surface area contributed by atoms with E-state index in [1.54, 1.807) is 12.8 Å². The molecule has 0 amide bonds. The number of likely N-dealkylation sites (tertiary alicyclic amines) is 1. The van der Waals surface area contributed by atoms with Crippen LogP contribution in [0.15, 0.2) is 0 Å². The van der Waals surface area contributed by atoms with Gasteiger partial charge in [0.1, 0.15) is 0 Å². The molecule has 5 unspecified atom stereocenters. The second-order valence-electron chi connectivity index (χ2n) is 5.32. The monoisotopic (exact) mass is 165 g/mol. The van der Waals surface area contributed by atoms with E-state index in [1.807, 2.05) is 0 Å². The van der Waals surface area contributed by atoms with Crippen molar-refractivity contribution in [1.82, 2.24) is 4.90 Å². The Balaban J connectivity index is 1.92. The van der Waals surface area contributed by atoms with Gasteiger partial charge in [0, 0.05) is 12.6 Å². The minimum absolute atomic E-state index is 0.982. The van der Waals surface area contributed by atoms with Gasteiger partial charge in [-0.3, -0.25) is 0 Å². The van der Waals surface area contributed by atoms with Crippen molar-refractivity contribution in [3.63, 3.8) is 0 Å². The zero-order chi connectivity index (χ0) is 8.29. The molecule has 0 aromatic carbocycles. The molecule has 2 bridgehead atoms.